The van der Waals surface area contributed by atoms with Crippen molar-refractivity contribution in [1.82, 2.24) is 0 Å². The third-order valence-corrected chi connectivity index (χ3v) is 5.01. The fourth-order valence-electron chi connectivity index (χ4n) is 1.93. The van der Waals surface area contributed by atoms with Gasteiger partial charge < -0.3 is 5.73 Å². The van der Waals surface area contributed by atoms with Crippen LogP contribution < -0.4 is 5.73 Å². The Morgan fingerprint density at radius 2 is 1.80 bits per heavy atom. The van der Waals surface area contributed by atoms with E-state index in [0.29, 0.717) is 27.3 Å². The third kappa shape index (κ3) is 3.62. The van der Waals surface area contributed by atoms with Gasteiger partial charge in [-0.25, -0.2) is 0 Å². The minimum Gasteiger partial charge on any atom is -0.399 e. The zero-order chi connectivity index (χ0) is 14.7. The average molecular weight is 308 g/mol. The second-order valence-electron chi connectivity index (χ2n) is 5.08. The highest BCUT2D eigenvalue weighted by molar-refractivity contribution is 7.84. The van der Waals surface area contributed by atoms with Crippen molar-refractivity contribution in [2.24, 2.45) is 0 Å². The van der Waals surface area contributed by atoms with Crippen LogP contribution in [0.15, 0.2) is 47.4 Å². The van der Waals surface area contributed by atoms with Crippen LogP contribution in [0.2, 0.25) is 5.02 Å². The molecule has 0 aliphatic carbocycles. The van der Waals surface area contributed by atoms with E-state index in [2.05, 4.69) is 26.0 Å². The van der Waals surface area contributed by atoms with Gasteiger partial charge in [0.1, 0.15) is 0 Å². The highest BCUT2D eigenvalue weighted by Crippen LogP contribution is 2.24. The maximum absolute atomic E-state index is 12.4. The van der Waals surface area contributed by atoms with E-state index in [1.54, 1.807) is 18.2 Å². The largest absolute Gasteiger partial charge is 0.399 e. The Kier molecular flexibility index (Phi) is 4.84. The van der Waals surface area contributed by atoms with Crippen LogP contribution in [0.4, 0.5) is 5.69 Å². The van der Waals surface area contributed by atoms with Crippen molar-refractivity contribution in [3.05, 3.63) is 58.6 Å². The molecule has 0 heterocycles. The summed E-state index contributed by atoms with van der Waals surface area (Å²) in [4.78, 5) is 0.633. The monoisotopic (exact) mass is 307 g/mol. The lowest BCUT2D eigenvalue weighted by Crippen LogP contribution is -1.99. The van der Waals surface area contributed by atoms with Crippen LogP contribution in [0.5, 0.6) is 0 Å². The van der Waals surface area contributed by atoms with E-state index in [4.69, 9.17) is 17.3 Å². The quantitative estimate of drug-likeness (QED) is 0.853. The Balaban J connectivity index is 2.15. The maximum Gasteiger partial charge on any atom is 0.0589 e. The summed E-state index contributed by atoms with van der Waals surface area (Å²) in [5.74, 6) is 0.961. The van der Waals surface area contributed by atoms with E-state index in [0.717, 1.165) is 5.56 Å². The van der Waals surface area contributed by atoms with Gasteiger partial charge in [-0.05, 0) is 35.2 Å². The highest BCUT2D eigenvalue weighted by atomic mass is 35.5. The Labute approximate surface area is 127 Å². The number of hydrogen-bond donors (Lipinski definition) is 1. The molecule has 0 aliphatic rings. The van der Waals surface area contributed by atoms with E-state index in [9.17, 15) is 4.21 Å². The lowest BCUT2D eigenvalue weighted by atomic mass is 10.0. The molecule has 4 heteroatoms. The number of hydrogen-bond acceptors (Lipinski definition) is 2. The van der Waals surface area contributed by atoms with Crippen LogP contribution in [0.1, 0.15) is 30.9 Å². The molecule has 0 spiro atoms. The van der Waals surface area contributed by atoms with Gasteiger partial charge in [0.25, 0.3) is 0 Å². The molecule has 2 N–H and O–H groups in total. The number of nitrogens with two attached hydrogens (primary N) is 1. The molecule has 2 rings (SSSR count). The van der Waals surface area contributed by atoms with Crippen molar-refractivity contribution in [3.8, 4) is 0 Å². The van der Waals surface area contributed by atoms with E-state index in [1.807, 2.05) is 12.1 Å². The van der Waals surface area contributed by atoms with Gasteiger partial charge in [-0.15, -0.1) is 0 Å². The van der Waals surface area contributed by atoms with Crippen molar-refractivity contribution in [3.63, 3.8) is 0 Å². The first-order valence-electron chi connectivity index (χ1n) is 6.49. The van der Waals surface area contributed by atoms with Crippen molar-refractivity contribution >= 4 is 28.1 Å². The molecule has 0 aromatic heterocycles. The van der Waals surface area contributed by atoms with E-state index < -0.39 is 10.8 Å². The summed E-state index contributed by atoms with van der Waals surface area (Å²) in [6.45, 7) is 4.31. The van der Waals surface area contributed by atoms with E-state index >= 15 is 0 Å². The summed E-state index contributed by atoms with van der Waals surface area (Å²) in [6.07, 6.45) is 0. The van der Waals surface area contributed by atoms with Gasteiger partial charge in [-0.1, -0.05) is 49.7 Å². The Morgan fingerprint density at radius 3 is 2.35 bits per heavy atom. The molecule has 0 radical (unpaired) electrons. The first kappa shape index (κ1) is 15.1. The van der Waals surface area contributed by atoms with Crippen LogP contribution in [0.25, 0.3) is 0 Å². The standard InChI is InChI=1S/C16H18ClNOS/c1-11(2)13-5-3-12(4-6-13)10-20(19)16-8-7-14(18)9-15(16)17/h3-9,11H,10,18H2,1-2H3. The van der Waals surface area contributed by atoms with Gasteiger partial charge >= 0.3 is 0 Å². The maximum atomic E-state index is 12.4. The SMILES string of the molecule is CC(C)c1ccc(CS(=O)c2ccc(N)cc2Cl)cc1. The minimum absolute atomic E-state index is 0.460. The smallest absolute Gasteiger partial charge is 0.0589 e. The average Bonchev–Trinajstić information content (AvgIpc) is 2.39. The minimum atomic E-state index is -1.16. The van der Waals surface area contributed by atoms with E-state index in [1.165, 1.54) is 5.56 Å². The number of nitrogen functional groups attached to an aromatic ring is 1. The number of halogens is 1. The molecule has 0 bridgehead atoms. The summed E-state index contributed by atoms with van der Waals surface area (Å²) in [5.41, 5.74) is 8.55. The zero-order valence-corrected chi connectivity index (χ0v) is 13.2. The molecule has 20 heavy (non-hydrogen) atoms. The number of anilines is 1. The van der Waals surface area contributed by atoms with Crippen molar-refractivity contribution in [1.29, 1.82) is 0 Å². The molecule has 0 saturated carbocycles. The topological polar surface area (TPSA) is 43.1 Å². The van der Waals surface area contributed by atoms with Gasteiger partial charge in [0.15, 0.2) is 0 Å². The summed E-state index contributed by atoms with van der Waals surface area (Å²) in [5, 5.41) is 0.460. The molecular formula is C16H18ClNOS. The van der Waals surface area contributed by atoms with Gasteiger partial charge in [-0.2, -0.15) is 0 Å². The molecule has 0 amide bonds. The number of rotatable bonds is 4. The number of benzene rings is 2. The van der Waals surface area contributed by atoms with Gasteiger partial charge in [-0.3, -0.25) is 4.21 Å². The van der Waals surface area contributed by atoms with Crippen LogP contribution >= 0.6 is 11.6 Å². The molecule has 2 aromatic carbocycles. The molecular weight excluding hydrogens is 290 g/mol. The predicted octanol–water partition coefficient (Wildman–Crippen LogP) is 4.35. The Bertz CT molecular complexity index is 623. The molecule has 1 atom stereocenters. The second-order valence-corrected chi connectivity index (χ2v) is 6.90. The predicted molar refractivity (Wildman–Crippen MR) is 86.5 cm³/mol. The lowest BCUT2D eigenvalue weighted by molar-refractivity contribution is 0.682. The summed E-state index contributed by atoms with van der Waals surface area (Å²) in [7, 11) is -1.16. The zero-order valence-electron chi connectivity index (χ0n) is 11.6. The first-order chi connectivity index (χ1) is 9.47. The molecule has 1 unspecified atom stereocenters. The van der Waals surface area contributed by atoms with Gasteiger partial charge in [0.05, 0.1) is 26.5 Å². The lowest BCUT2D eigenvalue weighted by Gasteiger charge is -2.08. The van der Waals surface area contributed by atoms with Crippen LogP contribution in [-0.4, -0.2) is 4.21 Å². The van der Waals surface area contributed by atoms with Crippen LogP contribution in [0, 0.1) is 0 Å². The molecule has 0 fully saturated rings. The third-order valence-electron chi connectivity index (χ3n) is 3.15. The Hall–Kier alpha value is -1.32. The summed E-state index contributed by atoms with van der Waals surface area (Å²) >= 11 is 6.08. The second kappa shape index (κ2) is 6.42. The summed E-state index contributed by atoms with van der Waals surface area (Å²) < 4.78 is 12.4. The van der Waals surface area contributed by atoms with Crippen molar-refractivity contribution in [2.75, 3.05) is 5.73 Å². The van der Waals surface area contributed by atoms with Crippen molar-refractivity contribution < 1.29 is 4.21 Å². The van der Waals surface area contributed by atoms with Gasteiger partial charge in [0, 0.05) is 5.69 Å². The highest BCUT2D eigenvalue weighted by Gasteiger charge is 2.10. The van der Waals surface area contributed by atoms with Crippen LogP contribution in [-0.2, 0) is 16.6 Å². The molecule has 2 nitrogen and oxygen atoms in total. The van der Waals surface area contributed by atoms with Crippen LogP contribution in [0.3, 0.4) is 0 Å². The summed E-state index contributed by atoms with van der Waals surface area (Å²) in [6, 6.07) is 13.3. The first-order valence-corrected chi connectivity index (χ1v) is 8.19. The molecule has 0 saturated heterocycles. The van der Waals surface area contributed by atoms with E-state index in [-0.39, 0.29) is 0 Å². The molecule has 2 aromatic rings. The fourth-order valence-corrected chi connectivity index (χ4v) is 3.52. The molecule has 106 valence electrons. The molecule has 0 aliphatic heterocycles. The Morgan fingerprint density at radius 1 is 1.15 bits per heavy atom. The normalized spacial score (nSPS) is 12.6. The van der Waals surface area contributed by atoms with Crippen molar-refractivity contribution in [2.45, 2.75) is 30.4 Å². The fraction of sp³-hybridized carbons (Fsp3) is 0.250. The van der Waals surface area contributed by atoms with Gasteiger partial charge in [0.2, 0.25) is 0 Å².